The zero-order chi connectivity index (χ0) is 27.2. The first-order valence-electron chi connectivity index (χ1n) is 11.6. The van der Waals surface area contributed by atoms with Crippen LogP contribution >= 0.6 is 0 Å². The molecule has 8 heteroatoms. The number of fused-ring (bicyclic) bond motifs is 2. The summed E-state index contributed by atoms with van der Waals surface area (Å²) in [5.41, 5.74) is 1.65. The molecule has 2 N–H and O–H groups in total. The summed E-state index contributed by atoms with van der Waals surface area (Å²) in [6.45, 7) is 0. The molecule has 0 aromatic heterocycles. The van der Waals surface area contributed by atoms with Gasteiger partial charge in [0, 0.05) is 62.5 Å². The highest BCUT2D eigenvalue weighted by molar-refractivity contribution is 7.83. The van der Waals surface area contributed by atoms with Crippen molar-refractivity contribution in [3.8, 4) is 0 Å². The molecular weight excluding hydrogens is 500 g/mol. The SMILES string of the molecule is CS(C)=O.O=C(Nc1ccccc1)c1cc(C(=O)Nc2ccccc2)c2c(c1)C(=O)c1ccccc1C2=O. The molecule has 38 heavy (non-hydrogen) atoms. The van der Waals surface area contributed by atoms with Crippen molar-refractivity contribution in [1.29, 1.82) is 0 Å². The van der Waals surface area contributed by atoms with Crippen LogP contribution in [0.15, 0.2) is 97.1 Å². The van der Waals surface area contributed by atoms with E-state index < -0.39 is 34.2 Å². The molecule has 0 aliphatic heterocycles. The van der Waals surface area contributed by atoms with E-state index in [-0.39, 0.29) is 33.4 Å². The molecule has 0 heterocycles. The molecule has 0 spiro atoms. The first kappa shape index (κ1) is 26.4. The summed E-state index contributed by atoms with van der Waals surface area (Å²) in [5, 5.41) is 5.51. The Morgan fingerprint density at radius 2 is 1.05 bits per heavy atom. The van der Waals surface area contributed by atoms with Crippen LogP contribution in [-0.2, 0) is 10.8 Å². The van der Waals surface area contributed by atoms with Gasteiger partial charge in [0.2, 0.25) is 0 Å². The van der Waals surface area contributed by atoms with Crippen LogP contribution < -0.4 is 10.6 Å². The molecule has 0 radical (unpaired) electrons. The molecule has 5 rings (SSSR count). The smallest absolute Gasteiger partial charge is 0.256 e. The van der Waals surface area contributed by atoms with Crippen LogP contribution in [0.3, 0.4) is 0 Å². The number of carbonyl (C=O) groups excluding carboxylic acids is 4. The lowest BCUT2D eigenvalue weighted by atomic mass is 9.80. The minimum Gasteiger partial charge on any atom is -0.322 e. The molecule has 0 saturated carbocycles. The van der Waals surface area contributed by atoms with Gasteiger partial charge in [-0.05, 0) is 36.4 Å². The van der Waals surface area contributed by atoms with Crippen molar-refractivity contribution in [2.75, 3.05) is 23.1 Å². The zero-order valence-corrected chi connectivity index (χ0v) is 21.5. The van der Waals surface area contributed by atoms with Gasteiger partial charge in [0.1, 0.15) is 0 Å². The predicted molar refractivity (Wildman–Crippen MR) is 149 cm³/mol. The third kappa shape index (κ3) is 5.82. The number of carbonyl (C=O) groups is 4. The first-order chi connectivity index (χ1) is 18.3. The summed E-state index contributed by atoms with van der Waals surface area (Å²) in [4.78, 5) is 53.0. The van der Waals surface area contributed by atoms with Crippen molar-refractivity contribution in [1.82, 2.24) is 0 Å². The Labute approximate surface area is 222 Å². The van der Waals surface area contributed by atoms with Crippen LogP contribution in [0.5, 0.6) is 0 Å². The third-order valence-electron chi connectivity index (χ3n) is 5.60. The van der Waals surface area contributed by atoms with Gasteiger partial charge in [0.25, 0.3) is 11.8 Å². The third-order valence-corrected chi connectivity index (χ3v) is 5.60. The second kappa shape index (κ2) is 11.6. The van der Waals surface area contributed by atoms with Gasteiger partial charge in [-0.2, -0.15) is 0 Å². The summed E-state index contributed by atoms with van der Waals surface area (Å²) in [5.74, 6) is -1.93. The fourth-order valence-electron chi connectivity index (χ4n) is 3.98. The van der Waals surface area contributed by atoms with Crippen molar-refractivity contribution in [2.24, 2.45) is 0 Å². The van der Waals surface area contributed by atoms with E-state index in [0.29, 0.717) is 11.4 Å². The Morgan fingerprint density at radius 3 is 1.58 bits per heavy atom. The van der Waals surface area contributed by atoms with E-state index in [1.807, 2.05) is 12.1 Å². The maximum absolute atomic E-state index is 13.4. The number of hydrogen-bond donors (Lipinski definition) is 2. The van der Waals surface area contributed by atoms with Gasteiger partial charge in [-0.1, -0.05) is 60.7 Å². The molecule has 0 saturated heterocycles. The van der Waals surface area contributed by atoms with E-state index in [1.54, 1.807) is 85.3 Å². The van der Waals surface area contributed by atoms with Gasteiger partial charge in [-0.15, -0.1) is 0 Å². The quantitative estimate of drug-likeness (QED) is 0.345. The number of rotatable bonds is 4. The molecular formula is C30H24N2O5S. The molecule has 0 bridgehead atoms. The highest BCUT2D eigenvalue weighted by Crippen LogP contribution is 2.31. The van der Waals surface area contributed by atoms with Crippen LogP contribution in [0.1, 0.15) is 52.6 Å². The minimum absolute atomic E-state index is 0.00612. The Bertz CT molecular complexity index is 1560. The standard InChI is InChI=1S/C28H18N2O4.C2H6OS/c31-25-20-13-7-8-14-21(20)26(32)24-22(25)15-17(27(33)29-18-9-3-1-4-10-18)16-23(24)28(34)30-19-11-5-2-6-12-19;1-4(2)3/h1-16H,(H,29,33)(H,30,34);1-2H3. The number of anilines is 2. The Hall–Kier alpha value is -4.69. The number of hydrogen-bond acceptors (Lipinski definition) is 5. The molecule has 4 aromatic rings. The summed E-state index contributed by atoms with van der Waals surface area (Å²) in [6.07, 6.45) is 3.28. The fraction of sp³-hybridized carbons (Fsp3) is 0.0667. The number of benzene rings is 4. The van der Waals surface area contributed by atoms with Gasteiger partial charge >= 0.3 is 0 Å². The Kier molecular flexibility index (Phi) is 8.03. The molecule has 190 valence electrons. The molecule has 4 aromatic carbocycles. The minimum atomic E-state index is -0.611. The average Bonchev–Trinajstić information content (AvgIpc) is 2.92. The van der Waals surface area contributed by atoms with Crippen molar-refractivity contribution in [3.05, 3.63) is 130 Å². The van der Waals surface area contributed by atoms with Gasteiger partial charge < -0.3 is 10.6 Å². The monoisotopic (exact) mass is 524 g/mol. The number of amides is 2. The molecule has 2 amide bonds. The summed E-state index contributed by atoms with van der Waals surface area (Å²) in [6, 6.07) is 26.8. The molecule has 0 atom stereocenters. The van der Waals surface area contributed by atoms with E-state index >= 15 is 0 Å². The number of para-hydroxylation sites is 2. The summed E-state index contributed by atoms with van der Waals surface area (Å²) < 4.78 is 9.56. The summed E-state index contributed by atoms with van der Waals surface area (Å²) >= 11 is 0. The Balaban J connectivity index is 0.000000786. The lowest BCUT2D eigenvalue weighted by Gasteiger charge is -2.21. The molecule has 1 aliphatic carbocycles. The lowest BCUT2D eigenvalue weighted by molar-refractivity contribution is 0.0968. The second-order valence-electron chi connectivity index (χ2n) is 8.53. The van der Waals surface area contributed by atoms with Crippen LogP contribution in [0.25, 0.3) is 0 Å². The van der Waals surface area contributed by atoms with E-state index in [1.165, 1.54) is 12.1 Å². The molecule has 0 unspecified atom stereocenters. The fourth-order valence-corrected chi connectivity index (χ4v) is 3.98. The van der Waals surface area contributed by atoms with E-state index in [2.05, 4.69) is 10.6 Å². The van der Waals surface area contributed by atoms with E-state index in [0.717, 1.165) is 0 Å². The molecule has 0 fully saturated rings. The van der Waals surface area contributed by atoms with Crippen LogP contribution in [0.2, 0.25) is 0 Å². The first-order valence-corrected chi connectivity index (χ1v) is 13.6. The maximum atomic E-state index is 13.4. The number of ketones is 2. The highest BCUT2D eigenvalue weighted by Gasteiger charge is 2.34. The topological polar surface area (TPSA) is 109 Å². The van der Waals surface area contributed by atoms with Gasteiger partial charge in [-0.3, -0.25) is 23.4 Å². The van der Waals surface area contributed by atoms with Crippen LogP contribution in [0.4, 0.5) is 11.4 Å². The maximum Gasteiger partial charge on any atom is 0.256 e. The second-order valence-corrected chi connectivity index (χ2v) is 10.0. The Morgan fingerprint density at radius 1 is 0.605 bits per heavy atom. The lowest BCUT2D eigenvalue weighted by Crippen LogP contribution is -2.27. The van der Waals surface area contributed by atoms with E-state index in [9.17, 15) is 23.4 Å². The van der Waals surface area contributed by atoms with Crippen LogP contribution in [-0.4, -0.2) is 40.1 Å². The predicted octanol–water partition coefficient (Wildman–Crippen LogP) is 4.96. The van der Waals surface area contributed by atoms with Gasteiger partial charge in [-0.25, -0.2) is 0 Å². The number of nitrogens with one attached hydrogen (secondary N) is 2. The van der Waals surface area contributed by atoms with Crippen molar-refractivity contribution < 1.29 is 23.4 Å². The largest absolute Gasteiger partial charge is 0.322 e. The van der Waals surface area contributed by atoms with Crippen molar-refractivity contribution in [3.63, 3.8) is 0 Å². The summed E-state index contributed by atoms with van der Waals surface area (Å²) in [7, 11) is -0.611. The molecule has 1 aliphatic rings. The van der Waals surface area contributed by atoms with Crippen molar-refractivity contribution >= 4 is 45.6 Å². The van der Waals surface area contributed by atoms with Crippen molar-refractivity contribution in [2.45, 2.75) is 0 Å². The average molecular weight is 525 g/mol. The zero-order valence-electron chi connectivity index (χ0n) is 20.7. The van der Waals surface area contributed by atoms with E-state index in [4.69, 9.17) is 0 Å². The molecule has 7 nitrogen and oxygen atoms in total. The highest BCUT2D eigenvalue weighted by atomic mass is 32.2. The van der Waals surface area contributed by atoms with Crippen LogP contribution in [0, 0.1) is 0 Å². The normalized spacial score (nSPS) is 11.6. The van der Waals surface area contributed by atoms with Gasteiger partial charge in [0.15, 0.2) is 11.6 Å². The van der Waals surface area contributed by atoms with Gasteiger partial charge in [0.05, 0.1) is 5.56 Å².